The first-order chi connectivity index (χ1) is 20.9. The van der Waals surface area contributed by atoms with E-state index < -0.39 is 0 Å². The fourth-order valence-corrected chi connectivity index (χ4v) is 7.08. The van der Waals surface area contributed by atoms with E-state index in [9.17, 15) is 9.59 Å². The van der Waals surface area contributed by atoms with Gasteiger partial charge < -0.3 is 9.13 Å². The van der Waals surface area contributed by atoms with Gasteiger partial charge in [0.1, 0.15) is 0 Å². The molecule has 0 aliphatic heterocycles. The number of hydrogen-bond acceptors (Lipinski definition) is 2. The maximum absolute atomic E-state index is 14.4. The predicted octanol–water partition coefficient (Wildman–Crippen LogP) is 9.07. The van der Waals surface area contributed by atoms with E-state index >= 15 is 0 Å². The fourth-order valence-electron chi connectivity index (χ4n) is 7.08. The summed E-state index contributed by atoms with van der Waals surface area (Å²) in [5.41, 5.74) is 14.3. The molecule has 44 heavy (non-hydrogen) atoms. The lowest BCUT2D eigenvalue weighted by atomic mass is 9.99. The molecule has 2 heterocycles. The van der Waals surface area contributed by atoms with Crippen molar-refractivity contribution >= 4 is 43.6 Å². The highest BCUT2D eigenvalue weighted by Crippen LogP contribution is 2.34. The molecule has 0 saturated carbocycles. The average Bonchev–Trinajstić information content (AvgIpc) is 2.96. The zero-order chi connectivity index (χ0) is 31.2. The van der Waals surface area contributed by atoms with Crippen LogP contribution in [-0.4, -0.2) is 9.13 Å². The molecule has 4 nitrogen and oxygen atoms in total. The van der Waals surface area contributed by atoms with Gasteiger partial charge in [-0.1, -0.05) is 29.8 Å². The highest BCUT2D eigenvalue weighted by Gasteiger charge is 2.20. The van der Waals surface area contributed by atoms with Crippen LogP contribution in [0.2, 0.25) is 0 Å². The normalized spacial score (nSPS) is 11.8. The number of nitrogens with zero attached hydrogens (tertiary/aromatic N) is 2. The number of fused-ring (bicyclic) bond motifs is 4. The quantitative estimate of drug-likeness (QED) is 0.193. The van der Waals surface area contributed by atoms with Crippen LogP contribution in [0.15, 0.2) is 82.4 Å². The molecule has 0 bridgehead atoms. The monoisotopic (exact) mass is 576 g/mol. The number of pyridine rings is 2. The standard InChI is InChI=1S/C40H36N2O2/c1-21-9-11-30-34(15-21)41(29-17-24(4)28(8)25(5)18-29)36-19-33-37(20-32(36)39(30)43)42(38-26(6)13-23(3)14-27(38)7)35-16-22(2)10-12-31(35)40(33)44/h9-20H,1-8H3. The molecule has 7 aromatic rings. The molecule has 2 aromatic heterocycles. The second-order valence-corrected chi connectivity index (χ2v) is 12.7. The SMILES string of the molecule is Cc1cc(C)c(-n2c3cc(C)ccc3c(=O)c3cc4c(cc32)c(=O)c2ccc(C)cc2n4-c2cc(C)c(C)c(C)c2)c(C)c1. The molecule has 0 N–H and O–H groups in total. The Kier molecular flexibility index (Phi) is 6.19. The van der Waals surface area contributed by atoms with E-state index in [-0.39, 0.29) is 10.9 Å². The summed E-state index contributed by atoms with van der Waals surface area (Å²) in [6.07, 6.45) is 0. The molecular formula is C40H36N2O2. The Labute approximate surface area is 256 Å². The molecule has 0 fully saturated rings. The third-order valence-corrected chi connectivity index (χ3v) is 9.39. The van der Waals surface area contributed by atoms with Crippen molar-refractivity contribution in [2.75, 3.05) is 0 Å². The van der Waals surface area contributed by atoms with Gasteiger partial charge in [-0.25, -0.2) is 0 Å². The van der Waals surface area contributed by atoms with Crippen LogP contribution in [0.5, 0.6) is 0 Å². The van der Waals surface area contributed by atoms with E-state index in [4.69, 9.17) is 0 Å². The Hall–Kier alpha value is -4.96. The third-order valence-electron chi connectivity index (χ3n) is 9.39. The minimum Gasteiger partial charge on any atom is -0.309 e. The summed E-state index contributed by atoms with van der Waals surface area (Å²) in [4.78, 5) is 28.7. The summed E-state index contributed by atoms with van der Waals surface area (Å²) in [5.74, 6) is 0. The largest absolute Gasteiger partial charge is 0.309 e. The van der Waals surface area contributed by atoms with Crippen molar-refractivity contribution in [1.29, 1.82) is 0 Å². The number of hydrogen-bond donors (Lipinski definition) is 0. The predicted molar refractivity (Wildman–Crippen MR) is 186 cm³/mol. The van der Waals surface area contributed by atoms with Crippen LogP contribution in [0.1, 0.15) is 44.5 Å². The molecule has 0 amide bonds. The third kappa shape index (κ3) is 4.05. The maximum atomic E-state index is 14.4. The second-order valence-electron chi connectivity index (χ2n) is 12.7. The molecule has 0 aliphatic rings. The smallest absolute Gasteiger partial charge is 0.197 e. The minimum absolute atomic E-state index is 0.0322. The van der Waals surface area contributed by atoms with Crippen LogP contribution in [0.25, 0.3) is 55.0 Å². The highest BCUT2D eigenvalue weighted by molar-refractivity contribution is 6.05. The molecule has 0 radical (unpaired) electrons. The molecule has 5 aromatic carbocycles. The van der Waals surface area contributed by atoms with Crippen molar-refractivity contribution in [3.8, 4) is 11.4 Å². The van der Waals surface area contributed by atoms with Gasteiger partial charge in [-0.3, -0.25) is 9.59 Å². The van der Waals surface area contributed by atoms with E-state index in [0.29, 0.717) is 21.5 Å². The molecule has 0 unspecified atom stereocenters. The second kappa shape index (κ2) is 9.78. The van der Waals surface area contributed by atoms with Gasteiger partial charge in [0.2, 0.25) is 0 Å². The van der Waals surface area contributed by atoms with Crippen molar-refractivity contribution in [3.63, 3.8) is 0 Å². The van der Waals surface area contributed by atoms with Crippen LogP contribution in [0.3, 0.4) is 0 Å². The zero-order valence-corrected chi connectivity index (χ0v) is 26.6. The number of benzene rings is 5. The minimum atomic E-state index is -0.0330. The van der Waals surface area contributed by atoms with Crippen LogP contribution >= 0.6 is 0 Å². The summed E-state index contributed by atoms with van der Waals surface area (Å²) in [6, 6.07) is 24.7. The van der Waals surface area contributed by atoms with Gasteiger partial charge in [0.25, 0.3) is 0 Å². The first-order valence-electron chi connectivity index (χ1n) is 15.2. The average molecular weight is 577 g/mol. The lowest BCUT2D eigenvalue weighted by molar-refractivity contribution is 1.10. The number of rotatable bonds is 2. The first-order valence-corrected chi connectivity index (χ1v) is 15.2. The van der Waals surface area contributed by atoms with Gasteiger partial charge in [0.05, 0.1) is 27.8 Å². The van der Waals surface area contributed by atoms with Crippen LogP contribution in [0, 0.1) is 55.4 Å². The van der Waals surface area contributed by atoms with Gasteiger partial charge in [-0.15, -0.1) is 0 Å². The van der Waals surface area contributed by atoms with Crippen LogP contribution < -0.4 is 10.9 Å². The Morgan fingerprint density at radius 1 is 0.409 bits per heavy atom. The van der Waals surface area contributed by atoms with E-state index in [1.54, 1.807) is 0 Å². The topological polar surface area (TPSA) is 44.0 Å². The zero-order valence-electron chi connectivity index (χ0n) is 26.6. The van der Waals surface area contributed by atoms with E-state index in [1.807, 2.05) is 50.2 Å². The summed E-state index contributed by atoms with van der Waals surface area (Å²) in [7, 11) is 0. The van der Waals surface area contributed by atoms with Crippen molar-refractivity contribution in [2.24, 2.45) is 0 Å². The Morgan fingerprint density at radius 3 is 1.34 bits per heavy atom. The molecule has 0 aliphatic carbocycles. The molecule has 4 heteroatoms. The molecule has 218 valence electrons. The van der Waals surface area contributed by atoms with Crippen molar-refractivity contribution in [2.45, 2.75) is 55.4 Å². The Bertz CT molecular complexity index is 2460. The van der Waals surface area contributed by atoms with Crippen molar-refractivity contribution < 1.29 is 0 Å². The Morgan fingerprint density at radius 2 is 0.841 bits per heavy atom. The lowest BCUT2D eigenvalue weighted by Gasteiger charge is -2.22. The van der Waals surface area contributed by atoms with E-state index in [0.717, 1.165) is 55.7 Å². The molecular weight excluding hydrogens is 540 g/mol. The fraction of sp³-hybridized carbons (Fsp3) is 0.200. The van der Waals surface area contributed by atoms with Gasteiger partial charge in [-0.2, -0.15) is 0 Å². The molecule has 7 rings (SSSR count). The number of aryl methyl sites for hydroxylation is 7. The number of aromatic nitrogens is 2. The van der Waals surface area contributed by atoms with Gasteiger partial charge in [0, 0.05) is 27.2 Å². The molecule has 0 saturated heterocycles. The maximum Gasteiger partial charge on any atom is 0.197 e. The molecule has 0 spiro atoms. The Balaban J connectivity index is 1.77. The van der Waals surface area contributed by atoms with Crippen molar-refractivity contribution in [3.05, 3.63) is 138 Å². The molecule has 0 atom stereocenters. The van der Waals surface area contributed by atoms with Gasteiger partial charge in [-0.05, 0) is 143 Å². The van der Waals surface area contributed by atoms with Crippen molar-refractivity contribution in [1.82, 2.24) is 9.13 Å². The van der Waals surface area contributed by atoms with Crippen LogP contribution in [-0.2, 0) is 0 Å². The summed E-state index contributed by atoms with van der Waals surface area (Å²) in [5, 5.41) is 2.50. The lowest BCUT2D eigenvalue weighted by Crippen LogP contribution is -2.16. The van der Waals surface area contributed by atoms with Gasteiger partial charge in [0.15, 0.2) is 10.9 Å². The van der Waals surface area contributed by atoms with Gasteiger partial charge >= 0.3 is 0 Å². The van der Waals surface area contributed by atoms with E-state index in [2.05, 4.69) is 87.1 Å². The first kappa shape index (κ1) is 27.8. The summed E-state index contributed by atoms with van der Waals surface area (Å²) < 4.78 is 4.37. The summed E-state index contributed by atoms with van der Waals surface area (Å²) >= 11 is 0. The summed E-state index contributed by atoms with van der Waals surface area (Å²) in [6.45, 7) is 16.8. The van der Waals surface area contributed by atoms with E-state index in [1.165, 1.54) is 22.3 Å². The highest BCUT2D eigenvalue weighted by atomic mass is 16.1. The van der Waals surface area contributed by atoms with Crippen LogP contribution in [0.4, 0.5) is 0 Å².